The van der Waals surface area contributed by atoms with Crippen LogP contribution in [-0.2, 0) is 0 Å². The van der Waals surface area contributed by atoms with Gasteiger partial charge in [-0.25, -0.2) is 4.79 Å². The van der Waals surface area contributed by atoms with Gasteiger partial charge in [-0.3, -0.25) is 0 Å². The summed E-state index contributed by atoms with van der Waals surface area (Å²) < 4.78 is 5.72. The molecule has 0 amide bonds. The van der Waals surface area contributed by atoms with E-state index in [4.69, 9.17) is 21.4 Å². The van der Waals surface area contributed by atoms with E-state index in [1.807, 2.05) is 42.5 Å². The van der Waals surface area contributed by atoms with Gasteiger partial charge in [-0.1, -0.05) is 41.9 Å². The Morgan fingerprint density at radius 3 is 2.29 bits per heavy atom. The number of fused-ring (bicyclic) bond motifs is 1. The molecular formula is C17H11ClO3. The molecule has 0 aliphatic heterocycles. The summed E-state index contributed by atoms with van der Waals surface area (Å²) in [4.78, 5) is 10.9. The lowest BCUT2D eigenvalue weighted by molar-refractivity contribution is 0.0697. The Balaban J connectivity index is 1.91. The summed E-state index contributed by atoms with van der Waals surface area (Å²) in [6.07, 6.45) is 0. The standard InChI is InChI=1S/C17H11ClO3/c18-16-10-14(7-8-15(16)17(19)20)21-13-6-5-11-3-1-2-4-12(11)9-13/h1-10H,(H,19,20). The van der Waals surface area contributed by atoms with Crippen molar-refractivity contribution in [2.45, 2.75) is 0 Å². The maximum absolute atomic E-state index is 10.9. The first-order valence-electron chi connectivity index (χ1n) is 6.33. The fourth-order valence-electron chi connectivity index (χ4n) is 2.10. The van der Waals surface area contributed by atoms with E-state index in [1.54, 1.807) is 6.07 Å². The maximum Gasteiger partial charge on any atom is 0.337 e. The molecule has 0 bridgehead atoms. The van der Waals surface area contributed by atoms with Gasteiger partial charge < -0.3 is 9.84 Å². The summed E-state index contributed by atoms with van der Waals surface area (Å²) >= 11 is 5.92. The Morgan fingerprint density at radius 2 is 1.57 bits per heavy atom. The van der Waals surface area contributed by atoms with Crippen molar-refractivity contribution in [2.24, 2.45) is 0 Å². The number of benzene rings is 3. The summed E-state index contributed by atoms with van der Waals surface area (Å²) in [6.45, 7) is 0. The van der Waals surface area contributed by atoms with Gasteiger partial charge in [0.05, 0.1) is 10.6 Å². The molecule has 0 aromatic heterocycles. The molecule has 0 heterocycles. The molecule has 1 N–H and O–H groups in total. The molecule has 3 rings (SSSR count). The van der Waals surface area contributed by atoms with Crippen molar-refractivity contribution in [1.82, 2.24) is 0 Å². The molecule has 0 aliphatic carbocycles. The predicted molar refractivity (Wildman–Crippen MR) is 82.4 cm³/mol. The van der Waals surface area contributed by atoms with Gasteiger partial charge in [-0.15, -0.1) is 0 Å². The van der Waals surface area contributed by atoms with Crippen LogP contribution in [0.1, 0.15) is 10.4 Å². The van der Waals surface area contributed by atoms with Crippen molar-refractivity contribution in [1.29, 1.82) is 0 Å². The predicted octanol–water partition coefficient (Wildman–Crippen LogP) is 4.98. The van der Waals surface area contributed by atoms with Crippen LogP contribution in [0, 0.1) is 0 Å². The molecule has 3 aromatic rings. The third-order valence-electron chi connectivity index (χ3n) is 3.13. The SMILES string of the molecule is O=C(O)c1ccc(Oc2ccc3ccccc3c2)cc1Cl. The summed E-state index contributed by atoms with van der Waals surface area (Å²) in [5.74, 6) is 0.116. The van der Waals surface area contributed by atoms with Gasteiger partial charge in [0.2, 0.25) is 0 Å². The summed E-state index contributed by atoms with van der Waals surface area (Å²) in [5, 5.41) is 11.3. The van der Waals surface area contributed by atoms with Gasteiger partial charge >= 0.3 is 5.97 Å². The molecule has 0 unspecified atom stereocenters. The normalized spacial score (nSPS) is 10.5. The highest BCUT2D eigenvalue weighted by Crippen LogP contribution is 2.28. The number of rotatable bonds is 3. The Morgan fingerprint density at radius 1 is 0.905 bits per heavy atom. The summed E-state index contributed by atoms with van der Waals surface area (Å²) in [5.41, 5.74) is 0.0579. The topological polar surface area (TPSA) is 46.5 Å². The number of hydrogen-bond donors (Lipinski definition) is 1. The number of carbonyl (C=O) groups is 1. The first kappa shape index (κ1) is 13.5. The smallest absolute Gasteiger partial charge is 0.337 e. The van der Waals surface area contributed by atoms with Crippen molar-refractivity contribution >= 4 is 28.3 Å². The van der Waals surface area contributed by atoms with Gasteiger partial charge in [0.15, 0.2) is 0 Å². The van der Waals surface area contributed by atoms with Crippen molar-refractivity contribution in [3.63, 3.8) is 0 Å². The van der Waals surface area contributed by atoms with Crippen LogP contribution in [0.25, 0.3) is 10.8 Å². The number of carboxylic acid groups (broad SMARTS) is 1. The Kier molecular flexibility index (Phi) is 3.50. The lowest BCUT2D eigenvalue weighted by Crippen LogP contribution is -1.97. The van der Waals surface area contributed by atoms with E-state index in [9.17, 15) is 4.79 Å². The number of aromatic carboxylic acids is 1. The molecule has 4 heteroatoms. The van der Waals surface area contributed by atoms with E-state index in [0.717, 1.165) is 10.8 Å². The van der Waals surface area contributed by atoms with Crippen LogP contribution < -0.4 is 4.74 Å². The van der Waals surface area contributed by atoms with Gasteiger partial charge in [-0.2, -0.15) is 0 Å². The molecule has 0 aliphatic rings. The van der Waals surface area contributed by atoms with Crippen molar-refractivity contribution < 1.29 is 14.6 Å². The number of ether oxygens (including phenoxy) is 1. The van der Waals surface area contributed by atoms with E-state index in [2.05, 4.69) is 0 Å². The Hall–Kier alpha value is -2.52. The number of carboxylic acids is 1. The molecule has 21 heavy (non-hydrogen) atoms. The zero-order chi connectivity index (χ0) is 14.8. The second-order valence-electron chi connectivity index (χ2n) is 4.56. The average Bonchev–Trinajstić information content (AvgIpc) is 2.47. The van der Waals surface area contributed by atoms with Gasteiger partial charge in [0.25, 0.3) is 0 Å². The lowest BCUT2D eigenvalue weighted by Gasteiger charge is -2.08. The van der Waals surface area contributed by atoms with Crippen molar-refractivity contribution in [3.8, 4) is 11.5 Å². The molecular weight excluding hydrogens is 288 g/mol. The second-order valence-corrected chi connectivity index (χ2v) is 4.97. The fraction of sp³-hybridized carbons (Fsp3) is 0. The van der Waals surface area contributed by atoms with Gasteiger partial charge in [0.1, 0.15) is 11.5 Å². The van der Waals surface area contributed by atoms with E-state index >= 15 is 0 Å². The first-order chi connectivity index (χ1) is 10.1. The number of hydrogen-bond acceptors (Lipinski definition) is 2. The summed E-state index contributed by atoms with van der Waals surface area (Å²) in [7, 11) is 0. The molecule has 3 nitrogen and oxygen atoms in total. The molecule has 0 saturated heterocycles. The Labute approximate surface area is 126 Å². The largest absolute Gasteiger partial charge is 0.478 e. The highest BCUT2D eigenvalue weighted by Gasteiger charge is 2.09. The van der Waals surface area contributed by atoms with E-state index < -0.39 is 5.97 Å². The number of halogens is 1. The maximum atomic E-state index is 10.9. The fourth-order valence-corrected chi connectivity index (χ4v) is 2.35. The molecule has 0 spiro atoms. The highest BCUT2D eigenvalue weighted by atomic mass is 35.5. The molecule has 0 radical (unpaired) electrons. The average molecular weight is 299 g/mol. The van der Waals surface area contributed by atoms with Crippen LogP contribution in [0.2, 0.25) is 5.02 Å². The van der Waals surface area contributed by atoms with Gasteiger partial charge in [0, 0.05) is 6.07 Å². The molecule has 0 fully saturated rings. The van der Waals surface area contributed by atoms with Crippen molar-refractivity contribution in [3.05, 3.63) is 71.2 Å². The van der Waals surface area contributed by atoms with Crippen LogP contribution in [0.5, 0.6) is 11.5 Å². The van der Waals surface area contributed by atoms with Gasteiger partial charge in [-0.05, 0) is 35.0 Å². The van der Waals surface area contributed by atoms with E-state index in [1.165, 1.54) is 12.1 Å². The molecule has 104 valence electrons. The van der Waals surface area contributed by atoms with Crippen LogP contribution in [-0.4, -0.2) is 11.1 Å². The van der Waals surface area contributed by atoms with Crippen LogP contribution in [0.3, 0.4) is 0 Å². The highest BCUT2D eigenvalue weighted by molar-refractivity contribution is 6.33. The quantitative estimate of drug-likeness (QED) is 0.741. The van der Waals surface area contributed by atoms with Crippen molar-refractivity contribution in [2.75, 3.05) is 0 Å². The summed E-state index contributed by atoms with van der Waals surface area (Å²) in [6, 6.07) is 18.2. The third kappa shape index (κ3) is 2.83. The zero-order valence-electron chi connectivity index (χ0n) is 10.9. The van der Waals surface area contributed by atoms with E-state index in [-0.39, 0.29) is 10.6 Å². The molecule has 0 saturated carbocycles. The van der Waals surface area contributed by atoms with Crippen LogP contribution in [0.4, 0.5) is 0 Å². The third-order valence-corrected chi connectivity index (χ3v) is 3.44. The zero-order valence-corrected chi connectivity index (χ0v) is 11.7. The minimum absolute atomic E-state index is 0.0579. The first-order valence-corrected chi connectivity index (χ1v) is 6.71. The lowest BCUT2D eigenvalue weighted by atomic mass is 10.1. The Bertz CT molecular complexity index is 827. The monoisotopic (exact) mass is 298 g/mol. The minimum atomic E-state index is -1.06. The minimum Gasteiger partial charge on any atom is -0.478 e. The molecule has 0 atom stereocenters. The van der Waals surface area contributed by atoms with Crippen LogP contribution in [0.15, 0.2) is 60.7 Å². The van der Waals surface area contributed by atoms with E-state index in [0.29, 0.717) is 11.5 Å². The second kappa shape index (κ2) is 5.46. The molecule has 3 aromatic carbocycles. The van der Waals surface area contributed by atoms with Crippen LogP contribution >= 0.6 is 11.6 Å².